The maximum absolute atomic E-state index is 10.4. The Morgan fingerprint density at radius 2 is 1.81 bits per heavy atom. The second kappa shape index (κ2) is 12.1. The Morgan fingerprint density at radius 1 is 1.12 bits per heavy atom. The number of benzene rings is 2. The normalized spacial score (nSPS) is 12.0. The third kappa shape index (κ3) is 6.44. The van der Waals surface area contributed by atoms with Crippen LogP contribution < -0.4 is 4.74 Å². The molecule has 1 atom stereocenters. The lowest BCUT2D eigenvalue weighted by Crippen LogP contribution is -2.35. The third-order valence-corrected chi connectivity index (χ3v) is 4.98. The average molecular weight is 434 g/mol. The van der Waals surface area contributed by atoms with Gasteiger partial charge in [0.25, 0.3) is 0 Å². The lowest BCUT2D eigenvalue weighted by Gasteiger charge is -2.25. The van der Waals surface area contributed by atoms with Gasteiger partial charge in [0.1, 0.15) is 12.4 Å². The molecule has 0 unspecified atom stereocenters. The quantitative estimate of drug-likeness (QED) is 0.343. The van der Waals surface area contributed by atoms with Crippen molar-refractivity contribution in [2.24, 2.45) is 0 Å². The minimum Gasteiger partial charge on any atom is -0.439 e. The lowest BCUT2D eigenvalue weighted by molar-refractivity contribution is 0.0259. The summed E-state index contributed by atoms with van der Waals surface area (Å²) < 4.78 is 13.5. The molecule has 6 heteroatoms. The van der Waals surface area contributed by atoms with Crippen molar-refractivity contribution in [1.29, 1.82) is 0 Å². The van der Waals surface area contributed by atoms with E-state index in [9.17, 15) is 5.11 Å². The fourth-order valence-electron chi connectivity index (χ4n) is 3.55. The Hall–Kier alpha value is -3.11. The first-order chi connectivity index (χ1) is 15.6. The summed E-state index contributed by atoms with van der Waals surface area (Å²) in [5, 5.41) is 15.2. The summed E-state index contributed by atoms with van der Waals surface area (Å²) in [5.74, 6) is 3.85. The van der Waals surface area contributed by atoms with Gasteiger partial charge < -0.3 is 14.6 Å². The number of terminal acetylenes is 1. The van der Waals surface area contributed by atoms with E-state index in [1.54, 1.807) is 0 Å². The van der Waals surface area contributed by atoms with Gasteiger partial charge >= 0.3 is 0 Å². The van der Waals surface area contributed by atoms with Gasteiger partial charge in [-0.25, -0.2) is 4.68 Å². The van der Waals surface area contributed by atoms with Crippen molar-refractivity contribution >= 4 is 0 Å². The number of ether oxygens (including phenoxy) is 2. The van der Waals surface area contributed by atoms with Gasteiger partial charge in [-0.1, -0.05) is 49.2 Å². The van der Waals surface area contributed by atoms with E-state index in [-0.39, 0.29) is 13.2 Å². The summed E-state index contributed by atoms with van der Waals surface area (Å²) in [7, 11) is 0. The van der Waals surface area contributed by atoms with Gasteiger partial charge in [-0.15, -0.1) is 6.42 Å². The van der Waals surface area contributed by atoms with Gasteiger partial charge in [-0.3, -0.25) is 4.90 Å². The highest BCUT2D eigenvalue weighted by Crippen LogP contribution is 2.31. The zero-order chi connectivity index (χ0) is 22.8. The summed E-state index contributed by atoms with van der Waals surface area (Å²) in [6.07, 6.45) is 5.55. The minimum absolute atomic E-state index is 0.197. The number of hydrogen-bond donors (Lipinski definition) is 1. The fraction of sp³-hybridized carbons (Fsp3) is 0.346. The Labute approximate surface area is 190 Å². The molecular weight excluding hydrogens is 402 g/mol. The largest absolute Gasteiger partial charge is 0.439 e. The zero-order valence-electron chi connectivity index (χ0n) is 18.8. The smallest absolute Gasteiger partial charge is 0.227 e. The number of nitrogens with zero attached hydrogens (tertiary/aromatic N) is 3. The van der Waals surface area contributed by atoms with E-state index < -0.39 is 6.10 Å². The van der Waals surface area contributed by atoms with Crippen molar-refractivity contribution in [2.75, 3.05) is 26.3 Å². The van der Waals surface area contributed by atoms with Crippen LogP contribution in [0.5, 0.6) is 11.6 Å². The van der Waals surface area contributed by atoms with Crippen molar-refractivity contribution in [1.82, 2.24) is 14.7 Å². The summed E-state index contributed by atoms with van der Waals surface area (Å²) in [6, 6.07) is 19.7. The van der Waals surface area contributed by atoms with Gasteiger partial charge in [-0.2, -0.15) is 5.10 Å². The van der Waals surface area contributed by atoms with E-state index >= 15 is 0 Å². The molecule has 0 radical (unpaired) electrons. The van der Waals surface area contributed by atoms with E-state index in [1.165, 1.54) is 0 Å². The van der Waals surface area contributed by atoms with E-state index in [0.29, 0.717) is 19.0 Å². The number of aliphatic hydroxyl groups excluding tert-OH is 1. The number of aryl methyl sites for hydroxylation is 1. The molecule has 3 rings (SSSR count). The van der Waals surface area contributed by atoms with Crippen LogP contribution in [0.25, 0.3) is 5.69 Å². The maximum atomic E-state index is 10.4. The van der Waals surface area contributed by atoms with Crippen LogP contribution in [0.1, 0.15) is 24.6 Å². The number of aromatic nitrogens is 2. The van der Waals surface area contributed by atoms with Gasteiger partial charge in [0, 0.05) is 13.1 Å². The van der Waals surface area contributed by atoms with Gasteiger partial charge in [0.15, 0.2) is 0 Å². The molecule has 0 saturated heterocycles. The SMILES string of the molecule is C#CCOC[C@@H](O)CN(CCC)Cc1c(C)nn(-c2ccccc2)c1Oc1ccccc1. The highest BCUT2D eigenvalue weighted by molar-refractivity contribution is 5.43. The lowest BCUT2D eigenvalue weighted by atomic mass is 10.2. The highest BCUT2D eigenvalue weighted by atomic mass is 16.5. The Bertz CT molecular complexity index is 996. The van der Waals surface area contributed by atoms with Crippen molar-refractivity contribution < 1.29 is 14.6 Å². The topological polar surface area (TPSA) is 59.8 Å². The van der Waals surface area contributed by atoms with Crippen LogP contribution in [0.3, 0.4) is 0 Å². The monoisotopic (exact) mass is 433 g/mol. The Balaban J connectivity index is 1.89. The molecule has 1 aromatic heterocycles. The molecule has 0 aliphatic rings. The molecule has 0 bridgehead atoms. The number of para-hydroxylation sites is 2. The van der Waals surface area contributed by atoms with Crippen molar-refractivity contribution in [2.45, 2.75) is 32.9 Å². The first kappa shape index (κ1) is 23.6. The molecule has 1 heterocycles. The molecule has 0 saturated carbocycles. The molecule has 0 aliphatic heterocycles. The van der Waals surface area contributed by atoms with Crippen molar-refractivity contribution in [3.63, 3.8) is 0 Å². The molecule has 3 aromatic rings. The van der Waals surface area contributed by atoms with Crippen LogP contribution >= 0.6 is 0 Å². The molecule has 0 fully saturated rings. The molecule has 168 valence electrons. The van der Waals surface area contributed by atoms with E-state index in [2.05, 4.69) is 17.7 Å². The predicted molar refractivity (Wildman–Crippen MR) is 126 cm³/mol. The molecule has 0 aliphatic carbocycles. The summed E-state index contributed by atoms with van der Waals surface area (Å²) in [5.41, 5.74) is 2.81. The highest BCUT2D eigenvalue weighted by Gasteiger charge is 2.22. The Morgan fingerprint density at radius 3 is 2.47 bits per heavy atom. The van der Waals surface area contributed by atoms with E-state index in [1.807, 2.05) is 72.3 Å². The molecule has 0 amide bonds. The second-order valence-electron chi connectivity index (χ2n) is 7.64. The summed E-state index contributed by atoms with van der Waals surface area (Å²) >= 11 is 0. The van der Waals surface area contributed by atoms with Crippen LogP contribution in [0.15, 0.2) is 60.7 Å². The molecular formula is C26H31N3O3. The first-order valence-corrected chi connectivity index (χ1v) is 10.9. The van der Waals surface area contributed by atoms with Crippen LogP contribution in [0.2, 0.25) is 0 Å². The van der Waals surface area contributed by atoms with Crippen LogP contribution in [-0.4, -0.2) is 52.2 Å². The van der Waals surface area contributed by atoms with Crippen molar-refractivity contribution in [3.05, 3.63) is 71.9 Å². The fourth-order valence-corrected chi connectivity index (χ4v) is 3.55. The van der Waals surface area contributed by atoms with Gasteiger partial charge in [0.05, 0.1) is 29.7 Å². The van der Waals surface area contributed by atoms with E-state index in [4.69, 9.17) is 21.0 Å². The van der Waals surface area contributed by atoms with Gasteiger partial charge in [0.2, 0.25) is 5.88 Å². The number of aliphatic hydroxyl groups is 1. The van der Waals surface area contributed by atoms with Crippen molar-refractivity contribution in [3.8, 4) is 29.7 Å². The maximum Gasteiger partial charge on any atom is 0.227 e. The molecule has 1 N–H and O–H groups in total. The molecule has 2 aromatic carbocycles. The standard InChI is InChI=1S/C26H31N3O3/c1-4-16-28(18-23(30)20-31-17-5-2)19-25-21(3)27-29(22-12-8-6-9-13-22)26(25)32-24-14-10-7-11-15-24/h2,6-15,23,30H,4,16-20H2,1,3H3/t23-/m0/s1. The Kier molecular flexibility index (Phi) is 8.88. The summed E-state index contributed by atoms with van der Waals surface area (Å²) in [4.78, 5) is 2.20. The van der Waals surface area contributed by atoms with E-state index in [0.717, 1.165) is 35.7 Å². The second-order valence-corrected chi connectivity index (χ2v) is 7.64. The van der Waals surface area contributed by atoms with Gasteiger partial charge in [-0.05, 0) is 44.2 Å². The number of rotatable bonds is 12. The minimum atomic E-state index is -0.627. The first-order valence-electron chi connectivity index (χ1n) is 10.9. The average Bonchev–Trinajstić information content (AvgIpc) is 3.10. The van der Waals surface area contributed by atoms with Crippen LogP contribution in [0, 0.1) is 19.3 Å². The van der Waals surface area contributed by atoms with Crippen LogP contribution in [-0.2, 0) is 11.3 Å². The van der Waals surface area contributed by atoms with Crippen LogP contribution in [0.4, 0.5) is 0 Å². The third-order valence-electron chi connectivity index (χ3n) is 4.98. The predicted octanol–water partition coefficient (Wildman–Crippen LogP) is 4.20. The molecule has 32 heavy (non-hydrogen) atoms. The zero-order valence-corrected chi connectivity index (χ0v) is 18.8. The molecule has 0 spiro atoms. The number of hydrogen-bond acceptors (Lipinski definition) is 5. The molecule has 6 nitrogen and oxygen atoms in total. The summed E-state index contributed by atoms with van der Waals surface area (Å²) in [6.45, 7) is 6.41.